The Kier molecular flexibility index (Phi) is 3.66. The van der Waals surface area contributed by atoms with Crippen LogP contribution in [0.25, 0.3) is 0 Å². The fraction of sp³-hybridized carbons (Fsp3) is 0.500. The van der Waals surface area contributed by atoms with E-state index in [1.807, 2.05) is 0 Å². The Hall–Kier alpha value is -1.82. The standard InChI is InChI=1S/C12H17N3O3/c13-5-6-14-11(17)9-10(16)7-3-1-2-4-8(7)15-12(9)18/h1-6,13H2,(H,14,17)(H2,15,16,18). The van der Waals surface area contributed by atoms with Crippen molar-refractivity contribution in [2.24, 2.45) is 5.73 Å². The van der Waals surface area contributed by atoms with Gasteiger partial charge in [-0.15, -0.1) is 0 Å². The number of nitrogens with two attached hydrogens (primary N) is 1. The Morgan fingerprint density at radius 3 is 2.83 bits per heavy atom. The van der Waals surface area contributed by atoms with Crippen LogP contribution in [0.5, 0.6) is 5.75 Å². The first-order valence-electron chi connectivity index (χ1n) is 6.10. The third-order valence-corrected chi connectivity index (χ3v) is 3.14. The second kappa shape index (κ2) is 5.22. The maximum atomic E-state index is 11.8. The predicted octanol–water partition coefficient (Wildman–Crippen LogP) is -0.352. The van der Waals surface area contributed by atoms with Crippen LogP contribution in [0.3, 0.4) is 0 Å². The molecule has 2 rings (SSSR count). The molecule has 0 spiro atoms. The summed E-state index contributed by atoms with van der Waals surface area (Å²) in [6, 6.07) is 0. The lowest BCUT2D eigenvalue weighted by Gasteiger charge is -2.18. The number of aromatic amines is 1. The van der Waals surface area contributed by atoms with Crippen molar-refractivity contribution in [2.75, 3.05) is 13.1 Å². The van der Waals surface area contributed by atoms with Crippen molar-refractivity contribution in [3.63, 3.8) is 0 Å². The first-order valence-corrected chi connectivity index (χ1v) is 6.10. The highest BCUT2D eigenvalue weighted by Crippen LogP contribution is 2.28. The molecule has 0 saturated carbocycles. The summed E-state index contributed by atoms with van der Waals surface area (Å²) in [6.45, 7) is 0.560. The molecule has 0 aliphatic heterocycles. The van der Waals surface area contributed by atoms with Crippen LogP contribution in [0.2, 0.25) is 0 Å². The van der Waals surface area contributed by atoms with E-state index >= 15 is 0 Å². The molecule has 18 heavy (non-hydrogen) atoms. The predicted molar refractivity (Wildman–Crippen MR) is 66.8 cm³/mol. The number of fused-ring (bicyclic) bond motifs is 1. The van der Waals surface area contributed by atoms with Gasteiger partial charge >= 0.3 is 0 Å². The molecule has 98 valence electrons. The quantitative estimate of drug-likeness (QED) is 0.588. The van der Waals surface area contributed by atoms with E-state index < -0.39 is 11.5 Å². The summed E-state index contributed by atoms with van der Waals surface area (Å²) in [5.41, 5.74) is 5.98. The maximum Gasteiger partial charge on any atom is 0.264 e. The fourth-order valence-electron chi connectivity index (χ4n) is 2.25. The molecule has 0 saturated heterocycles. The highest BCUT2D eigenvalue weighted by Gasteiger charge is 2.23. The zero-order chi connectivity index (χ0) is 13.1. The zero-order valence-electron chi connectivity index (χ0n) is 10.1. The monoisotopic (exact) mass is 251 g/mol. The van der Waals surface area contributed by atoms with Gasteiger partial charge in [-0.2, -0.15) is 0 Å². The van der Waals surface area contributed by atoms with Gasteiger partial charge in [-0.25, -0.2) is 0 Å². The van der Waals surface area contributed by atoms with E-state index in [-0.39, 0.29) is 24.4 Å². The molecule has 0 unspecified atom stereocenters. The van der Waals surface area contributed by atoms with Gasteiger partial charge in [-0.05, 0) is 25.7 Å². The molecule has 0 fully saturated rings. The van der Waals surface area contributed by atoms with E-state index in [9.17, 15) is 14.7 Å². The van der Waals surface area contributed by atoms with Gasteiger partial charge in [0.2, 0.25) is 0 Å². The number of aryl methyl sites for hydroxylation is 1. The zero-order valence-corrected chi connectivity index (χ0v) is 10.1. The number of amides is 1. The second-order valence-electron chi connectivity index (χ2n) is 4.39. The molecule has 1 aliphatic rings. The molecule has 0 aromatic carbocycles. The molecular weight excluding hydrogens is 234 g/mol. The number of H-pyrrole nitrogens is 1. The summed E-state index contributed by atoms with van der Waals surface area (Å²) in [7, 11) is 0. The van der Waals surface area contributed by atoms with Crippen LogP contribution >= 0.6 is 0 Å². The molecule has 0 bridgehead atoms. The highest BCUT2D eigenvalue weighted by atomic mass is 16.3. The van der Waals surface area contributed by atoms with Crippen LogP contribution in [0, 0.1) is 0 Å². The lowest BCUT2D eigenvalue weighted by molar-refractivity contribution is 0.0950. The third kappa shape index (κ3) is 2.24. The lowest BCUT2D eigenvalue weighted by atomic mass is 9.93. The van der Waals surface area contributed by atoms with Crippen molar-refractivity contribution in [1.29, 1.82) is 0 Å². The molecule has 6 nitrogen and oxygen atoms in total. The average molecular weight is 251 g/mol. The van der Waals surface area contributed by atoms with Crippen LogP contribution in [-0.4, -0.2) is 29.1 Å². The molecule has 5 N–H and O–H groups in total. The molecule has 1 amide bonds. The van der Waals surface area contributed by atoms with Crippen LogP contribution in [0.15, 0.2) is 4.79 Å². The molecule has 6 heteroatoms. The van der Waals surface area contributed by atoms with Gasteiger partial charge in [0, 0.05) is 24.3 Å². The summed E-state index contributed by atoms with van der Waals surface area (Å²) in [4.78, 5) is 26.3. The minimum absolute atomic E-state index is 0.178. The second-order valence-corrected chi connectivity index (χ2v) is 4.39. The number of carbonyl (C=O) groups is 1. The van der Waals surface area contributed by atoms with Crippen LogP contribution in [0.4, 0.5) is 0 Å². The molecular formula is C12H17N3O3. The first kappa shape index (κ1) is 12.6. The largest absolute Gasteiger partial charge is 0.507 e. The average Bonchev–Trinajstić information content (AvgIpc) is 2.36. The Morgan fingerprint density at radius 1 is 1.39 bits per heavy atom. The van der Waals surface area contributed by atoms with E-state index in [1.54, 1.807) is 0 Å². The van der Waals surface area contributed by atoms with Gasteiger partial charge in [0.1, 0.15) is 11.3 Å². The Balaban J connectivity index is 2.42. The summed E-state index contributed by atoms with van der Waals surface area (Å²) in [5.74, 6) is -0.754. The van der Waals surface area contributed by atoms with E-state index in [0.717, 1.165) is 25.0 Å². The van der Waals surface area contributed by atoms with Crippen LogP contribution in [-0.2, 0) is 12.8 Å². The Morgan fingerprint density at radius 2 is 2.11 bits per heavy atom. The lowest BCUT2D eigenvalue weighted by Crippen LogP contribution is -2.34. The normalized spacial score (nSPS) is 14.1. The van der Waals surface area contributed by atoms with Crippen molar-refractivity contribution in [2.45, 2.75) is 25.7 Å². The van der Waals surface area contributed by atoms with Gasteiger partial charge in [-0.3, -0.25) is 9.59 Å². The van der Waals surface area contributed by atoms with Crippen LogP contribution in [0.1, 0.15) is 34.5 Å². The topological polar surface area (TPSA) is 108 Å². The SMILES string of the molecule is NCCNC(=O)c1c(O)c2c([nH]c1=O)CCCC2. The van der Waals surface area contributed by atoms with Crippen molar-refractivity contribution in [1.82, 2.24) is 10.3 Å². The number of aromatic hydroxyl groups is 1. The number of nitrogens with one attached hydrogen (secondary N) is 2. The minimum Gasteiger partial charge on any atom is -0.507 e. The van der Waals surface area contributed by atoms with Crippen molar-refractivity contribution >= 4 is 5.91 Å². The first-order chi connectivity index (χ1) is 8.65. The molecule has 1 aromatic rings. The molecule has 0 radical (unpaired) electrons. The summed E-state index contributed by atoms with van der Waals surface area (Å²) >= 11 is 0. The summed E-state index contributed by atoms with van der Waals surface area (Å²) in [6.07, 6.45) is 3.37. The van der Waals surface area contributed by atoms with E-state index in [2.05, 4.69) is 10.3 Å². The van der Waals surface area contributed by atoms with E-state index in [0.29, 0.717) is 12.0 Å². The van der Waals surface area contributed by atoms with Crippen LogP contribution < -0.4 is 16.6 Å². The maximum absolute atomic E-state index is 11.8. The minimum atomic E-state index is -0.576. The number of carbonyl (C=O) groups excluding carboxylic acids is 1. The third-order valence-electron chi connectivity index (χ3n) is 3.14. The number of pyridine rings is 1. The Bertz CT molecular complexity index is 522. The Labute approximate surface area is 104 Å². The van der Waals surface area contributed by atoms with Gasteiger partial charge in [-0.1, -0.05) is 0 Å². The molecule has 1 heterocycles. The summed E-state index contributed by atoms with van der Waals surface area (Å²) in [5, 5.41) is 12.6. The summed E-state index contributed by atoms with van der Waals surface area (Å²) < 4.78 is 0. The van der Waals surface area contributed by atoms with Crippen molar-refractivity contribution in [3.05, 3.63) is 27.2 Å². The van der Waals surface area contributed by atoms with E-state index in [1.165, 1.54) is 0 Å². The molecule has 1 aromatic heterocycles. The van der Waals surface area contributed by atoms with Gasteiger partial charge in [0.25, 0.3) is 11.5 Å². The smallest absolute Gasteiger partial charge is 0.264 e. The van der Waals surface area contributed by atoms with Crippen molar-refractivity contribution in [3.8, 4) is 5.75 Å². The number of aromatic nitrogens is 1. The van der Waals surface area contributed by atoms with Gasteiger partial charge in [0.05, 0.1) is 0 Å². The van der Waals surface area contributed by atoms with Gasteiger partial charge < -0.3 is 21.1 Å². The number of rotatable bonds is 3. The number of hydrogen-bond donors (Lipinski definition) is 4. The molecule has 0 atom stereocenters. The van der Waals surface area contributed by atoms with Crippen molar-refractivity contribution < 1.29 is 9.90 Å². The van der Waals surface area contributed by atoms with Gasteiger partial charge in [0.15, 0.2) is 0 Å². The highest BCUT2D eigenvalue weighted by molar-refractivity contribution is 5.96. The molecule has 1 aliphatic carbocycles. The fourth-order valence-corrected chi connectivity index (χ4v) is 2.25. The van der Waals surface area contributed by atoms with E-state index in [4.69, 9.17) is 5.73 Å². The number of hydrogen-bond acceptors (Lipinski definition) is 4.